The van der Waals surface area contributed by atoms with Gasteiger partial charge in [0.15, 0.2) is 0 Å². The van der Waals surface area contributed by atoms with Crippen LogP contribution in [-0.2, 0) is 12.8 Å². The molecule has 0 aromatic heterocycles. The molecule has 4 N–H and O–H groups in total. The smallest absolute Gasteiger partial charge is 0.404 e. The number of carboxylic acid groups (broad SMARTS) is 1. The van der Waals surface area contributed by atoms with Gasteiger partial charge in [-0.2, -0.15) is 0 Å². The molecule has 0 spiro atoms. The van der Waals surface area contributed by atoms with E-state index in [4.69, 9.17) is 5.11 Å². The molecule has 2 aromatic rings. The molecule has 0 heterocycles. The van der Waals surface area contributed by atoms with Crippen molar-refractivity contribution in [1.29, 1.82) is 0 Å². The minimum absolute atomic E-state index is 0.0227. The Morgan fingerprint density at radius 2 is 1.86 bits per heavy atom. The molecule has 0 radical (unpaired) electrons. The minimum Gasteiger partial charge on any atom is -0.465 e. The quantitative estimate of drug-likeness (QED) is 0.532. The lowest BCUT2D eigenvalue weighted by Crippen LogP contribution is -2.48. The van der Waals surface area contributed by atoms with Crippen LogP contribution in [-0.4, -0.2) is 35.0 Å². The van der Waals surface area contributed by atoms with Crippen molar-refractivity contribution in [3.8, 4) is 0 Å². The van der Waals surface area contributed by atoms with Gasteiger partial charge in [-0.1, -0.05) is 30.7 Å². The fourth-order valence-corrected chi connectivity index (χ4v) is 3.96. The normalized spacial score (nSPS) is 18.4. The van der Waals surface area contributed by atoms with Crippen molar-refractivity contribution in [1.82, 2.24) is 10.6 Å². The van der Waals surface area contributed by atoms with Crippen molar-refractivity contribution < 1.29 is 23.8 Å². The zero-order valence-electron chi connectivity index (χ0n) is 16.1. The summed E-state index contributed by atoms with van der Waals surface area (Å²) in [6.45, 7) is 0.155. The van der Waals surface area contributed by atoms with Crippen LogP contribution in [0.15, 0.2) is 42.5 Å². The van der Waals surface area contributed by atoms with Gasteiger partial charge in [0.2, 0.25) is 0 Å². The molecular weight excluding hydrogens is 378 g/mol. The molecule has 1 unspecified atom stereocenters. The summed E-state index contributed by atoms with van der Waals surface area (Å²) in [7, 11) is 0. The van der Waals surface area contributed by atoms with Crippen molar-refractivity contribution in [3.05, 3.63) is 70.8 Å². The van der Waals surface area contributed by atoms with E-state index in [9.17, 15) is 18.7 Å². The van der Waals surface area contributed by atoms with Gasteiger partial charge in [0.25, 0.3) is 0 Å². The first-order chi connectivity index (χ1) is 13.9. The Balaban J connectivity index is 1.68. The number of aliphatic hydroxyl groups excluding tert-OH is 1. The topological polar surface area (TPSA) is 81.6 Å². The summed E-state index contributed by atoms with van der Waals surface area (Å²) in [5, 5.41) is 25.4. The van der Waals surface area contributed by atoms with Crippen molar-refractivity contribution in [2.24, 2.45) is 0 Å². The standard InChI is InChI=1S/C22H26F2N2O3/c23-16-9-14(10-17(24)12-16)11-20(26-22(28)29)21(27)13-25-19-8-4-2-6-15-5-1-3-7-18(15)19/h1,3,5,7,9-10,12,19-21,25-27H,2,4,6,8,11,13H2,(H,28,29)/t19?,20-,21+/m0/s1. The number of benzene rings is 2. The highest BCUT2D eigenvalue weighted by atomic mass is 19.1. The molecule has 3 atom stereocenters. The lowest BCUT2D eigenvalue weighted by Gasteiger charge is -2.26. The summed E-state index contributed by atoms with van der Waals surface area (Å²) < 4.78 is 26.9. The lowest BCUT2D eigenvalue weighted by molar-refractivity contribution is 0.114. The zero-order chi connectivity index (χ0) is 20.8. The van der Waals surface area contributed by atoms with E-state index in [-0.39, 0.29) is 24.6 Å². The van der Waals surface area contributed by atoms with Crippen LogP contribution >= 0.6 is 0 Å². The van der Waals surface area contributed by atoms with E-state index in [1.165, 1.54) is 11.1 Å². The molecule has 3 rings (SSSR count). The van der Waals surface area contributed by atoms with Crippen LogP contribution in [0.2, 0.25) is 0 Å². The van der Waals surface area contributed by atoms with Gasteiger partial charge < -0.3 is 20.8 Å². The van der Waals surface area contributed by atoms with Crippen molar-refractivity contribution >= 4 is 6.09 Å². The summed E-state index contributed by atoms with van der Waals surface area (Å²) in [5.74, 6) is -1.48. The summed E-state index contributed by atoms with van der Waals surface area (Å²) in [4.78, 5) is 11.2. The predicted octanol–water partition coefficient (Wildman–Crippen LogP) is 3.56. The third-order valence-electron chi connectivity index (χ3n) is 5.34. The Morgan fingerprint density at radius 1 is 1.14 bits per heavy atom. The maximum absolute atomic E-state index is 13.5. The fourth-order valence-electron chi connectivity index (χ4n) is 3.96. The molecule has 0 saturated heterocycles. The molecule has 0 bridgehead atoms. The molecule has 0 aliphatic heterocycles. The zero-order valence-corrected chi connectivity index (χ0v) is 16.1. The van der Waals surface area contributed by atoms with Crippen molar-refractivity contribution in [3.63, 3.8) is 0 Å². The number of aryl methyl sites for hydroxylation is 1. The first-order valence-electron chi connectivity index (χ1n) is 9.86. The predicted molar refractivity (Wildman–Crippen MR) is 106 cm³/mol. The maximum Gasteiger partial charge on any atom is 0.404 e. The van der Waals surface area contributed by atoms with E-state index in [1.807, 2.05) is 12.1 Å². The number of halogens is 2. The second kappa shape index (κ2) is 9.80. The molecule has 156 valence electrons. The van der Waals surface area contributed by atoms with E-state index in [0.717, 1.165) is 43.9 Å². The van der Waals surface area contributed by atoms with Gasteiger partial charge in [-0.3, -0.25) is 0 Å². The molecule has 7 heteroatoms. The van der Waals surface area contributed by atoms with E-state index >= 15 is 0 Å². The number of nitrogens with one attached hydrogen (secondary N) is 2. The molecule has 5 nitrogen and oxygen atoms in total. The maximum atomic E-state index is 13.5. The Kier molecular flexibility index (Phi) is 7.17. The van der Waals surface area contributed by atoms with Crippen LogP contribution in [0.25, 0.3) is 0 Å². The Hall–Kier alpha value is -2.51. The Morgan fingerprint density at radius 3 is 2.59 bits per heavy atom. The molecule has 1 aliphatic carbocycles. The van der Waals surface area contributed by atoms with Gasteiger partial charge >= 0.3 is 6.09 Å². The van der Waals surface area contributed by atoms with Crippen LogP contribution in [0.4, 0.5) is 13.6 Å². The van der Waals surface area contributed by atoms with Crippen LogP contribution in [0.3, 0.4) is 0 Å². The van der Waals surface area contributed by atoms with Gasteiger partial charge in [0.05, 0.1) is 12.1 Å². The third-order valence-corrected chi connectivity index (χ3v) is 5.34. The molecule has 2 aromatic carbocycles. The average Bonchev–Trinajstić information content (AvgIpc) is 2.86. The highest BCUT2D eigenvalue weighted by Crippen LogP contribution is 2.28. The van der Waals surface area contributed by atoms with Crippen molar-refractivity contribution in [2.75, 3.05) is 6.54 Å². The van der Waals surface area contributed by atoms with Gasteiger partial charge in [0.1, 0.15) is 11.6 Å². The third kappa shape index (κ3) is 5.98. The van der Waals surface area contributed by atoms with Crippen molar-refractivity contribution in [2.45, 2.75) is 50.3 Å². The highest BCUT2D eigenvalue weighted by Gasteiger charge is 2.24. The van der Waals surface area contributed by atoms with Crippen LogP contribution < -0.4 is 10.6 Å². The molecule has 1 amide bonds. The molecular formula is C22H26F2N2O3. The Labute approximate surface area is 168 Å². The lowest BCUT2D eigenvalue weighted by atomic mass is 9.97. The number of rotatable bonds is 7. The summed E-state index contributed by atoms with van der Waals surface area (Å²) in [5.41, 5.74) is 2.76. The SMILES string of the molecule is O=C(O)N[C@@H](Cc1cc(F)cc(F)c1)[C@H](O)CNC1CCCCc2ccccc21. The first-order valence-corrected chi connectivity index (χ1v) is 9.86. The minimum atomic E-state index is -1.30. The molecule has 29 heavy (non-hydrogen) atoms. The summed E-state index contributed by atoms with van der Waals surface area (Å²) in [6, 6.07) is 10.4. The van der Waals surface area contributed by atoms with E-state index in [1.54, 1.807) is 0 Å². The monoisotopic (exact) mass is 404 g/mol. The summed E-state index contributed by atoms with van der Waals surface area (Å²) in [6.07, 6.45) is 1.72. The number of aliphatic hydroxyl groups is 1. The van der Waals surface area contributed by atoms with E-state index in [2.05, 4.69) is 22.8 Å². The van der Waals surface area contributed by atoms with Gasteiger partial charge in [-0.15, -0.1) is 0 Å². The number of amides is 1. The number of hydrogen-bond donors (Lipinski definition) is 4. The van der Waals surface area contributed by atoms with Crippen LogP contribution in [0, 0.1) is 11.6 Å². The summed E-state index contributed by atoms with van der Waals surface area (Å²) >= 11 is 0. The molecule has 0 fully saturated rings. The first kappa shape index (κ1) is 21.2. The number of hydrogen-bond acceptors (Lipinski definition) is 3. The van der Waals surface area contributed by atoms with Gasteiger partial charge in [-0.25, -0.2) is 13.6 Å². The molecule has 0 saturated carbocycles. The largest absolute Gasteiger partial charge is 0.465 e. The fraction of sp³-hybridized carbons (Fsp3) is 0.409. The molecule has 1 aliphatic rings. The second-order valence-electron chi connectivity index (χ2n) is 7.51. The van der Waals surface area contributed by atoms with Crippen LogP contribution in [0.5, 0.6) is 0 Å². The number of carbonyl (C=O) groups is 1. The van der Waals surface area contributed by atoms with E-state index < -0.39 is 29.9 Å². The second-order valence-corrected chi connectivity index (χ2v) is 7.51. The van der Waals surface area contributed by atoms with E-state index in [0.29, 0.717) is 0 Å². The Bertz CT molecular complexity index is 826. The van der Waals surface area contributed by atoms with Gasteiger partial charge in [0, 0.05) is 18.7 Å². The average molecular weight is 404 g/mol. The van der Waals surface area contributed by atoms with Gasteiger partial charge in [-0.05, 0) is 54.5 Å². The number of fused-ring (bicyclic) bond motifs is 1. The highest BCUT2D eigenvalue weighted by molar-refractivity contribution is 5.65. The van der Waals surface area contributed by atoms with Crippen LogP contribution in [0.1, 0.15) is 42.0 Å².